The van der Waals surface area contributed by atoms with Crippen LogP contribution in [0.2, 0.25) is 0 Å². The first-order chi connectivity index (χ1) is 5.63. The van der Waals surface area contributed by atoms with Gasteiger partial charge in [0, 0.05) is 24.8 Å². The van der Waals surface area contributed by atoms with E-state index in [0.717, 1.165) is 18.8 Å². The van der Waals surface area contributed by atoms with Gasteiger partial charge >= 0.3 is 0 Å². The van der Waals surface area contributed by atoms with Crippen LogP contribution in [0, 0.1) is 0 Å². The number of hydrogen-bond donors (Lipinski definition) is 2. The lowest BCUT2D eigenvalue weighted by Gasteiger charge is -2.08. The molecule has 0 saturated carbocycles. The third kappa shape index (κ3) is 16.2. The zero-order valence-electron chi connectivity index (χ0n) is 9.20. The summed E-state index contributed by atoms with van der Waals surface area (Å²) in [6, 6.07) is 0.576. The van der Waals surface area contributed by atoms with Crippen molar-refractivity contribution in [3.05, 3.63) is 12.3 Å². The lowest BCUT2D eigenvalue weighted by Crippen LogP contribution is -2.30. The highest BCUT2D eigenvalue weighted by atomic mass is 15.0. The van der Waals surface area contributed by atoms with Gasteiger partial charge in [-0.3, -0.25) is 0 Å². The van der Waals surface area contributed by atoms with Crippen LogP contribution >= 0.6 is 0 Å². The molecular formula is C10H24N2. The quantitative estimate of drug-likeness (QED) is 0.621. The van der Waals surface area contributed by atoms with Crippen molar-refractivity contribution in [3.63, 3.8) is 0 Å². The first kappa shape index (κ1) is 14.0. The molecule has 0 saturated heterocycles. The third-order valence-corrected chi connectivity index (χ3v) is 1.10. The van der Waals surface area contributed by atoms with Crippen molar-refractivity contribution >= 4 is 0 Å². The summed E-state index contributed by atoms with van der Waals surface area (Å²) in [7, 11) is 0. The van der Waals surface area contributed by atoms with E-state index in [1.807, 2.05) is 20.8 Å². The molecule has 0 amide bonds. The van der Waals surface area contributed by atoms with Crippen molar-refractivity contribution in [3.8, 4) is 0 Å². The zero-order chi connectivity index (χ0) is 9.98. The lowest BCUT2D eigenvalue weighted by atomic mass is 10.4. The molecule has 0 bridgehead atoms. The van der Waals surface area contributed by atoms with Crippen LogP contribution in [0.4, 0.5) is 0 Å². The summed E-state index contributed by atoms with van der Waals surface area (Å²) in [5.74, 6) is 0. The van der Waals surface area contributed by atoms with Crippen LogP contribution in [0.25, 0.3) is 0 Å². The first-order valence-corrected chi connectivity index (χ1v) is 4.75. The van der Waals surface area contributed by atoms with Gasteiger partial charge in [-0.25, -0.2) is 0 Å². The van der Waals surface area contributed by atoms with E-state index in [-0.39, 0.29) is 0 Å². The van der Waals surface area contributed by atoms with Crippen molar-refractivity contribution in [2.75, 3.05) is 13.1 Å². The molecule has 0 aromatic rings. The van der Waals surface area contributed by atoms with Gasteiger partial charge in [0.1, 0.15) is 0 Å². The summed E-state index contributed by atoms with van der Waals surface area (Å²) >= 11 is 0. The number of hydrogen-bond acceptors (Lipinski definition) is 2. The van der Waals surface area contributed by atoms with Gasteiger partial charge in [0.05, 0.1) is 0 Å². The summed E-state index contributed by atoms with van der Waals surface area (Å²) < 4.78 is 0. The fraction of sp³-hybridized carbons (Fsp3) is 0.800. The molecule has 0 unspecified atom stereocenters. The molecule has 2 nitrogen and oxygen atoms in total. The van der Waals surface area contributed by atoms with E-state index in [4.69, 9.17) is 0 Å². The van der Waals surface area contributed by atoms with Crippen LogP contribution in [0.1, 0.15) is 34.6 Å². The molecule has 0 radical (unpaired) electrons. The molecule has 0 aromatic heterocycles. The molecular weight excluding hydrogens is 148 g/mol. The highest BCUT2D eigenvalue weighted by Crippen LogP contribution is 1.77. The molecule has 0 aromatic carbocycles. The Morgan fingerprint density at radius 3 is 2.08 bits per heavy atom. The SMILES string of the molecule is C=C(C)NCCNC(C)C.CC. The number of nitrogens with one attached hydrogen (secondary N) is 2. The van der Waals surface area contributed by atoms with Crippen LogP contribution in [-0.2, 0) is 0 Å². The maximum atomic E-state index is 3.73. The Hall–Kier alpha value is -0.500. The molecule has 74 valence electrons. The van der Waals surface area contributed by atoms with Gasteiger partial charge < -0.3 is 10.6 Å². The van der Waals surface area contributed by atoms with Crippen LogP contribution in [0.3, 0.4) is 0 Å². The zero-order valence-corrected chi connectivity index (χ0v) is 9.20. The van der Waals surface area contributed by atoms with E-state index in [1.165, 1.54) is 0 Å². The van der Waals surface area contributed by atoms with E-state index in [1.54, 1.807) is 0 Å². The van der Waals surface area contributed by atoms with Gasteiger partial charge in [-0.2, -0.15) is 0 Å². The Balaban J connectivity index is 0. The van der Waals surface area contributed by atoms with Crippen LogP contribution < -0.4 is 10.6 Å². The fourth-order valence-electron chi connectivity index (χ4n) is 0.637. The van der Waals surface area contributed by atoms with E-state index < -0.39 is 0 Å². The Kier molecular flexibility index (Phi) is 12.3. The monoisotopic (exact) mass is 172 g/mol. The van der Waals surface area contributed by atoms with Crippen LogP contribution in [0.15, 0.2) is 12.3 Å². The maximum Gasteiger partial charge on any atom is 0.0269 e. The van der Waals surface area contributed by atoms with Crippen molar-refractivity contribution < 1.29 is 0 Å². The van der Waals surface area contributed by atoms with Crippen LogP contribution in [0.5, 0.6) is 0 Å². The second kappa shape index (κ2) is 10.5. The highest BCUT2D eigenvalue weighted by Gasteiger charge is 1.89. The van der Waals surface area contributed by atoms with E-state index >= 15 is 0 Å². The van der Waals surface area contributed by atoms with Crippen LogP contribution in [-0.4, -0.2) is 19.1 Å². The highest BCUT2D eigenvalue weighted by molar-refractivity contribution is 4.83. The molecule has 0 aliphatic carbocycles. The van der Waals surface area contributed by atoms with E-state index in [2.05, 4.69) is 31.1 Å². The summed E-state index contributed by atoms with van der Waals surface area (Å²) in [4.78, 5) is 0. The fourth-order valence-corrected chi connectivity index (χ4v) is 0.637. The molecule has 12 heavy (non-hydrogen) atoms. The second-order valence-electron chi connectivity index (χ2n) is 2.82. The normalized spacial score (nSPS) is 8.83. The molecule has 0 aliphatic heterocycles. The smallest absolute Gasteiger partial charge is 0.0269 e. The predicted octanol–water partition coefficient (Wildman–Crippen LogP) is 2.13. The van der Waals surface area contributed by atoms with Gasteiger partial charge in [0.2, 0.25) is 0 Å². The molecule has 0 aliphatic rings. The number of rotatable bonds is 5. The molecule has 2 heteroatoms. The summed E-state index contributed by atoms with van der Waals surface area (Å²) in [5, 5.41) is 6.44. The minimum atomic E-state index is 0.576. The molecule has 0 spiro atoms. The summed E-state index contributed by atoms with van der Waals surface area (Å²) in [6.07, 6.45) is 0. The minimum absolute atomic E-state index is 0.576. The molecule has 0 fully saturated rings. The first-order valence-electron chi connectivity index (χ1n) is 4.75. The van der Waals surface area contributed by atoms with Gasteiger partial charge in [0.15, 0.2) is 0 Å². The van der Waals surface area contributed by atoms with Crippen molar-refractivity contribution in [1.82, 2.24) is 10.6 Å². The predicted molar refractivity (Wildman–Crippen MR) is 57.3 cm³/mol. The molecule has 0 rings (SSSR count). The standard InChI is InChI=1S/C8H18N2.C2H6/c1-7(2)9-5-6-10-8(3)4;1-2/h8-10H,1,5-6H2,2-4H3;1-2H3. The largest absolute Gasteiger partial charge is 0.388 e. The van der Waals surface area contributed by atoms with Crippen molar-refractivity contribution in [1.29, 1.82) is 0 Å². The van der Waals surface area contributed by atoms with Gasteiger partial charge in [0.25, 0.3) is 0 Å². The summed E-state index contributed by atoms with van der Waals surface area (Å²) in [6.45, 7) is 16.0. The molecule has 2 N–H and O–H groups in total. The average Bonchev–Trinajstić information content (AvgIpc) is 2.02. The van der Waals surface area contributed by atoms with Gasteiger partial charge in [-0.1, -0.05) is 34.3 Å². The van der Waals surface area contributed by atoms with Gasteiger partial charge in [-0.15, -0.1) is 0 Å². The Bertz CT molecular complexity index is 98.0. The van der Waals surface area contributed by atoms with Gasteiger partial charge in [-0.05, 0) is 6.92 Å². The topological polar surface area (TPSA) is 24.1 Å². The summed E-state index contributed by atoms with van der Waals surface area (Å²) in [5.41, 5.74) is 1.03. The van der Waals surface area contributed by atoms with Crippen molar-refractivity contribution in [2.24, 2.45) is 0 Å². The molecule has 0 atom stereocenters. The Morgan fingerprint density at radius 2 is 1.75 bits per heavy atom. The molecule has 0 heterocycles. The maximum absolute atomic E-state index is 3.73. The third-order valence-electron chi connectivity index (χ3n) is 1.10. The van der Waals surface area contributed by atoms with Crippen molar-refractivity contribution in [2.45, 2.75) is 40.7 Å². The lowest BCUT2D eigenvalue weighted by molar-refractivity contribution is 0.575. The Morgan fingerprint density at radius 1 is 1.25 bits per heavy atom. The second-order valence-corrected chi connectivity index (χ2v) is 2.82. The Labute approximate surface area is 77.4 Å². The number of allylic oxidation sites excluding steroid dienone is 1. The van der Waals surface area contributed by atoms with E-state index in [9.17, 15) is 0 Å². The van der Waals surface area contributed by atoms with E-state index in [0.29, 0.717) is 6.04 Å². The minimum Gasteiger partial charge on any atom is -0.388 e. The average molecular weight is 172 g/mol.